The Morgan fingerprint density at radius 1 is 1.19 bits per heavy atom. The molecule has 0 aromatic carbocycles. The molecule has 0 saturated carbocycles. The lowest BCUT2D eigenvalue weighted by Crippen LogP contribution is -1.92. The van der Waals surface area contributed by atoms with Crippen molar-refractivity contribution in [3.05, 3.63) is 35.5 Å². The summed E-state index contributed by atoms with van der Waals surface area (Å²) in [5, 5.41) is 7.89. The Bertz CT molecular complexity index is 301. The van der Waals surface area contributed by atoms with Gasteiger partial charge in [-0.25, -0.2) is 4.79 Å². The molecule has 1 N–H and O–H groups in total. The van der Waals surface area contributed by atoms with Crippen molar-refractivity contribution in [2.45, 2.75) is 45.4 Å². The standard InChI is InChI=1S/C10H14.C4H6O2/c1-2-6-9(5-1)10-7-3-4-8-10;1-3(2)4(5)6/h5,7H,1-4,6,8H2;1H2,2H3,(H,5,6). The molecule has 88 valence electrons. The van der Waals surface area contributed by atoms with Crippen molar-refractivity contribution in [1.29, 1.82) is 0 Å². The second-order valence-electron chi connectivity index (χ2n) is 4.33. The molecule has 0 aromatic heterocycles. The summed E-state index contributed by atoms with van der Waals surface area (Å²) in [6, 6.07) is 0. The lowest BCUT2D eigenvalue weighted by molar-refractivity contribution is -0.132. The van der Waals surface area contributed by atoms with E-state index in [0.717, 1.165) is 0 Å². The summed E-state index contributed by atoms with van der Waals surface area (Å²) >= 11 is 0. The van der Waals surface area contributed by atoms with Gasteiger partial charge in [0.25, 0.3) is 0 Å². The molecule has 2 heteroatoms. The number of aliphatic carboxylic acids is 1. The minimum absolute atomic E-state index is 0.176. The SMILES string of the molecule is C1=C(C2=CCCC2)CCC1.C=C(C)C(=O)O. The monoisotopic (exact) mass is 220 g/mol. The van der Waals surface area contributed by atoms with Crippen LogP contribution in [0.15, 0.2) is 35.5 Å². The third-order valence-electron chi connectivity index (χ3n) is 2.86. The maximum Gasteiger partial charge on any atom is 0.330 e. The third-order valence-corrected chi connectivity index (χ3v) is 2.86. The fourth-order valence-electron chi connectivity index (χ4n) is 1.93. The van der Waals surface area contributed by atoms with Crippen LogP contribution >= 0.6 is 0 Å². The molecule has 0 saturated heterocycles. The number of allylic oxidation sites excluding steroid dienone is 4. The van der Waals surface area contributed by atoms with Crippen molar-refractivity contribution in [3.8, 4) is 0 Å². The van der Waals surface area contributed by atoms with Crippen LogP contribution in [0, 0.1) is 0 Å². The van der Waals surface area contributed by atoms with Gasteiger partial charge < -0.3 is 5.11 Å². The molecule has 0 amide bonds. The van der Waals surface area contributed by atoms with E-state index >= 15 is 0 Å². The molecular weight excluding hydrogens is 200 g/mol. The van der Waals surface area contributed by atoms with Crippen LogP contribution in [0.4, 0.5) is 0 Å². The number of hydrogen-bond acceptors (Lipinski definition) is 1. The Labute approximate surface area is 97.4 Å². The van der Waals surface area contributed by atoms with Gasteiger partial charge in [0, 0.05) is 5.57 Å². The maximum absolute atomic E-state index is 9.60. The Morgan fingerprint density at radius 2 is 1.56 bits per heavy atom. The van der Waals surface area contributed by atoms with Crippen molar-refractivity contribution in [3.63, 3.8) is 0 Å². The molecule has 0 atom stereocenters. The van der Waals surface area contributed by atoms with Crippen LogP contribution in [0.2, 0.25) is 0 Å². The van der Waals surface area contributed by atoms with Gasteiger partial charge in [-0.3, -0.25) is 0 Å². The summed E-state index contributed by atoms with van der Waals surface area (Å²) in [4.78, 5) is 9.60. The molecule has 0 bridgehead atoms. The minimum atomic E-state index is -0.935. The lowest BCUT2D eigenvalue weighted by atomic mass is 10.1. The molecule has 0 aromatic rings. The van der Waals surface area contributed by atoms with E-state index in [4.69, 9.17) is 5.11 Å². The summed E-state index contributed by atoms with van der Waals surface area (Å²) in [7, 11) is 0. The van der Waals surface area contributed by atoms with Gasteiger partial charge in [-0.1, -0.05) is 18.7 Å². The number of hydrogen-bond donors (Lipinski definition) is 1. The predicted molar refractivity (Wildman–Crippen MR) is 66.3 cm³/mol. The average molecular weight is 220 g/mol. The van der Waals surface area contributed by atoms with Crippen LogP contribution in [-0.2, 0) is 4.79 Å². The summed E-state index contributed by atoms with van der Waals surface area (Å²) in [5.41, 5.74) is 3.50. The van der Waals surface area contributed by atoms with E-state index in [9.17, 15) is 4.79 Å². The van der Waals surface area contributed by atoms with Crippen molar-refractivity contribution in [2.24, 2.45) is 0 Å². The molecule has 2 nitrogen and oxygen atoms in total. The van der Waals surface area contributed by atoms with Gasteiger partial charge in [0.05, 0.1) is 0 Å². The normalized spacial score (nSPS) is 18.3. The number of carbonyl (C=O) groups is 1. The van der Waals surface area contributed by atoms with Crippen LogP contribution < -0.4 is 0 Å². The van der Waals surface area contributed by atoms with E-state index in [0.29, 0.717) is 0 Å². The summed E-state index contributed by atoms with van der Waals surface area (Å²) < 4.78 is 0. The Balaban J connectivity index is 0.000000187. The fourth-order valence-corrected chi connectivity index (χ4v) is 1.93. The summed E-state index contributed by atoms with van der Waals surface area (Å²) in [6.07, 6.45) is 13.0. The molecule has 2 aliphatic rings. The molecule has 16 heavy (non-hydrogen) atoms. The first-order valence-corrected chi connectivity index (χ1v) is 5.88. The molecule has 0 fully saturated rings. The van der Waals surface area contributed by atoms with Gasteiger partial charge in [0.1, 0.15) is 0 Å². The zero-order valence-electron chi connectivity index (χ0n) is 9.96. The highest BCUT2D eigenvalue weighted by atomic mass is 16.4. The fraction of sp³-hybridized carbons (Fsp3) is 0.500. The number of carboxylic acid groups (broad SMARTS) is 1. The highest BCUT2D eigenvalue weighted by Gasteiger charge is 2.11. The van der Waals surface area contributed by atoms with Gasteiger partial charge in [-0.15, -0.1) is 0 Å². The van der Waals surface area contributed by atoms with E-state index < -0.39 is 5.97 Å². The molecule has 0 radical (unpaired) electrons. The van der Waals surface area contributed by atoms with Crippen LogP contribution in [0.25, 0.3) is 0 Å². The van der Waals surface area contributed by atoms with Crippen molar-refractivity contribution in [2.75, 3.05) is 0 Å². The van der Waals surface area contributed by atoms with Crippen LogP contribution in [-0.4, -0.2) is 11.1 Å². The van der Waals surface area contributed by atoms with Gasteiger partial charge in [0.15, 0.2) is 0 Å². The van der Waals surface area contributed by atoms with E-state index in [1.54, 1.807) is 11.1 Å². The molecule has 0 spiro atoms. The van der Waals surface area contributed by atoms with Gasteiger partial charge in [-0.2, -0.15) is 0 Å². The molecule has 0 aliphatic heterocycles. The van der Waals surface area contributed by atoms with Gasteiger partial charge in [0.2, 0.25) is 0 Å². The highest BCUT2D eigenvalue weighted by molar-refractivity contribution is 5.84. The number of rotatable bonds is 2. The Kier molecular flexibility index (Phi) is 5.03. The van der Waals surface area contributed by atoms with Crippen molar-refractivity contribution in [1.82, 2.24) is 0 Å². The first-order chi connectivity index (χ1) is 7.61. The van der Waals surface area contributed by atoms with Crippen LogP contribution in [0.1, 0.15) is 45.4 Å². The average Bonchev–Trinajstić information content (AvgIpc) is 2.91. The summed E-state index contributed by atoms with van der Waals surface area (Å²) in [6.45, 7) is 4.60. The largest absolute Gasteiger partial charge is 0.478 e. The quantitative estimate of drug-likeness (QED) is 0.717. The predicted octanol–water partition coefficient (Wildman–Crippen LogP) is 3.85. The zero-order valence-corrected chi connectivity index (χ0v) is 9.96. The van der Waals surface area contributed by atoms with E-state index in [2.05, 4.69) is 18.7 Å². The van der Waals surface area contributed by atoms with Gasteiger partial charge in [-0.05, 0) is 56.6 Å². The maximum atomic E-state index is 9.60. The topological polar surface area (TPSA) is 37.3 Å². The first-order valence-electron chi connectivity index (χ1n) is 5.88. The molecule has 2 aliphatic carbocycles. The Hall–Kier alpha value is -1.31. The smallest absolute Gasteiger partial charge is 0.330 e. The molecule has 2 rings (SSSR count). The second-order valence-corrected chi connectivity index (χ2v) is 4.33. The van der Waals surface area contributed by atoms with E-state index in [-0.39, 0.29) is 5.57 Å². The summed E-state index contributed by atoms with van der Waals surface area (Å²) in [5.74, 6) is -0.935. The zero-order chi connectivity index (χ0) is 12.0. The first kappa shape index (κ1) is 12.8. The van der Waals surface area contributed by atoms with E-state index in [1.165, 1.54) is 45.4 Å². The second kappa shape index (κ2) is 6.31. The molecular formula is C14H20O2. The van der Waals surface area contributed by atoms with Crippen molar-refractivity contribution < 1.29 is 9.90 Å². The van der Waals surface area contributed by atoms with Crippen LogP contribution in [0.5, 0.6) is 0 Å². The molecule has 0 unspecified atom stereocenters. The Morgan fingerprint density at radius 3 is 1.75 bits per heavy atom. The molecule has 0 heterocycles. The minimum Gasteiger partial charge on any atom is -0.478 e. The number of carboxylic acids is 1. The van der Waals surface area contributed by atoms with Crippen LogP contribution in [0.3, 0.4) is 0 Å². The van der Waals surface area contributed by atoms with E-state index in [1.807, 2.05) is 0 Å². The lowest BCUT2D eigenvalue weighted by Gasteiger charge is -2.00. The third kappa shape index (κ3) is 4.05. The van der Waals surface area contributed by atoms with Crippen molar-refractivity contribution >= 4 is 5.97 Å². The highest BCUT2D eigenvalue weighted by Crippen LogP contribution is 2.31. The van der Waals surface area contributed by atoms with Gasteiger partial charge >= 0.3 is 5.97 Å².